The summed E-state index contributed by atoms with van der Waals surface area (Å²) in [5.41, 5.74) is 1.32. The zero-order valence-corrected chi connectivity index (χ0v) is 13.3. The van der Waals surface area contributed by atoms with Crippen molar-refractivity contribution >= 4 is 5.69 Å². The summed E-state index contributed by atoms with van der Waals surface area (Å²) in [6, 6.07) is 4.18. The molecule has 2 aliphatic rings. The number of piperazine rings is 1. The highest BCUT2D eigenvalue weighted by molar-refractivity contribution is 5.43. The molecule has 0 saturated carbocycles. The van der Waals surface area contributed by atoms with Crippen molar-refractivity contribution in [3.8, 4) is 0 Å². The lowest BCUT2D eigenvalue weighted by molar-refractivity contribution is -0.0769. The molecule has 3 rings (SSSR count). The fourth-order valence-corrected chi connectivity index (χ4v) is 3.61. The largest absolute Gasteiger partial charge is 0.376 e. The van der Waals surface area contributed by atoms with Crippen LogP contribution in [0.4, 0.5) is 5.69 Å². The van der Waals surface area contributed by atoms with Gasteiger partial charge in [-0.1, -0.05) is 0 Å². The topological polar surface area (TPSA) is 28.6 Å². The van der Waals surface area contributed by atoms with Gasteiger partial charge >= 0.3 is 0 Å². The molecule has 116 valence electrons. The van der Waals surface area contributed by atoms with Crippen LogP contribution in [0.2, 0.25) is 0 Å². The zero-order valence-electron chi connectivity index (χ0n) is 13.3. The Labute approximate surface area is 128 Å². The number of nitrogens with zero attached hydrogens (tertiary/aromatic N) is 3. The molecular weight excluding hydrogens is 262 g/mol. The SMILES string of the molecule is CC1(C)CC(CN2CCN(c3cccnc3)CC2)CCO1. The first kappa shape index (κ1) is 14.8. The van der Waals surface area contributed by atoms with Gasteiger partial charge in [0.2, 0.25) is 0 Å². The molecule has 21 heavy (non-hydrogen) atoms. The van der Waals surface area contributed by atoms with Crippen LogP contribution in [0, 0.1) is 5.92 Å². The lowest BCUT2D eigenvalue weighted by Crippen LogP contribution is -2.49. The van der Waals surface area contributed by atoms with Gasteiger partial charge in [-0.3, -0.25) is 9.88 Å². The van der Waals surface area contributed by atoms with Gasteiger partial charge in [0, 0.05) is 45.5 Å². The van der Waals surface area contributed by atoms with Gasteiger partial charge in [0.1, 0.15) is 0 Å². The highest BCUT2D eigenvalue weighted by Crippen LogP contribution is 2.29. The molecule has 0 radical (unpaired) electrons. The molecule has 1 unspecified atom stereocenters. The van der Waals surface area contributed by atoms with Gasteiger partial charge in [-0.2, -0.15) is 0 Å². The molecule has 1 atom stereocenters. The number of anilines is 1. The van der Waals surface area contributed by atoms with Gasteiger partial charge in [-0.25, -0.2) is 0 Å². The van der Waals surface area contributed by atoms with E-state index in [4.69, 9.17) is 4.74 Å². The average molecular weight is 289 g/mol. The van der Waals surface area contributed by atoms with E-state index in [-0.39, 0.29) is 5.60 Å². The Bertz CT molecular complexity index is 441. The lowest BCUT2D eigenvalue weighted by Gasteiger charge is -2.41. The Kier molecular flexibility index (Phi) is 4.45. The minimum atomic E-state index is 0.0699. The summed E-state index contributed by atoms with van der Waals surface area (Å²) in [6.45, 7) is 11.1. The van der Waals surface area contributed by atoms with Gasteiger partial charge in [0.15, 0.2) is 0 Å². The predicted molar refractivity (Wildman–Crippen MR) is 85.6 cm³/mol. The summed E-state index contributed by atoms with van der Waals surface area (Å²) in [5.74, 6) is 0.790. The zero-order chi connectivity index (χ0) is 14.7. The van der Waals surface area contributed by atoms with Crippen LogP contribution in [-0.4, -0.2) is 54.8 Å². The van der Waals surface area contributed by atoms with Gasteiger partial charge in [-0.05, 0) is 44.7 Å². The van der Waals surface area contributed by atoms with Gasteiger partial charge < -0.3 is 9.64 Å². The van der Waals surface area contributed by atoms with E-state index in [1.54, 1.807) is 0 Å². The van der Waals surface area contributed by atoms with Crippen LogP contribution >= 0.6 is 0 Å². The second kappa shape index (κ2) is 6.32. The molecule has 0 N–H and O–H groups in total. The Balaban J connectivity index is 1.48. The molecule has 1 aromatic heterocycles. The second-order valence-corrected chi connectivity index (χ2v) is 6.97. The van der Waals surface area contributed by atoms with E-state index in [0.717, 1.165) is 38.7 Å². The van der Waals surface area contributed by atoms with Crippen molar-refractivity contribution < 1.29 is 4.74 Å². The molecule has 3 heterocycles. The van der Waals surface area contributed by atoms with Crippen molar-refractivity contribution in [2.45, 2.75) is 32.3 Å². The Morgan fingerprint density at radius 2 is 2.10 bits per heavy atom. The minimum Gasteiger partial charge on any atom is -0.376 e. The third-order valence-corrected chi connectivity index (χ3v) is 4.70. The number of hydrogen-bond acceptors (Lipinski definition) is 4. The molecule has 2 saturated heterocycles. The molecule has 2 fully saturated rings. The van der Waals surface area contributed by atoms with Crippen molar-refractivity contribution in [1.29, 1.82) is 0 Å². The predicted octanol–water partition coefficient (Wildman–Crippen LogP) is 2.41. The third-order valence-electron chi connectivity index (χ3n) is 4.70. The molecule has 0 aliphatic carbocycles. The first-order valence-electron chi connectivity index (χ1n) is 8.14. The highest BCUT2D eigenvalue weighted by atomic mass is 16.5. The Morgan fingerprint density at radius 3 is 2.76 bits per heavy atom. The smallest absolute Gasteiger partial charge is 0.0629 e. The van der Waals surface area contributed by atoms with Crippen molar-refractivity contribution in [1.82, 2.24) is 9.88 Å². The van der Waals surface area contributed by atoms with Crippen LogP contribution in [0.25, 0.3) is 0 Å². The summed E-state index contributed by atoms with van der Waals surface area (Å²) in [7, 11) is 0. The van der Waals surface area contributed by atoms with E-state index >= 15 is 0 Å². The first-order chi connectivity index (χ1) is 10.1. The number of pyridine rings is 1. The summed E-state index contributed by atoms with van der Waals surface area (Å²) >= 11 is 0. The van der Waals surface area contributed by atoms with E-state index in [2.05, 4.69) is 34.7 Å². The fraction of sp³-hybridized carbons (Fsp3) is 0.706. The normalized spacial score (nSPS) is 26.8. The van der Waals surface area contributed by atoms with E-state index < -0.39 is 0 Å². The van der Waals surface area contributed by atoms with Crippen molar-refractivity contribution in [3.05, 3.63) is 24.5 Å². The van der Waals surface area contributed by atoms with Gasteiger partial charge in [-0.15, -0.1) is 0 Å². The van der Waals surface area contributed by atoms with Gasteiger partial charge in [0.25, 0.3) is 0 Å². The third kappa shape index (κ3) is 3.95. The van der Waals surface area contributed by atoms with E-state index in [9.17, 15) is 0 Å². The molecule has 1 aromatic rings. The summed E-state index contributed by atoms with van der Waals surface area (Å²) in [5, 5.41) is 0. The molecular formula is C17H27N3O. The number of aromatic nitrogens is 1. The molecule has 4 nitrogen and oxygen atoms in total. The first-order valence-corrected chi connectivity index (χ1v) is 8.14. The van der Waals surface area contributed by atoms with Crippen LogP contribution in [0.3, 0.4) is 0 Å². The number of ether oxygens (including phenoxy) is 1. The maximum Gasteiger partial charge on any atom is 0.0629 e. The molecule has 0 aromatic carbocycles. The average Bonchev–Trinajstić information content (AvgIpc) is 2.48. The molecule has 0 amide bonds. The van der Waals surface area contributed by atoms with Crippen molar-refractivity contribution in [2.24, 2.45) is 5.92 Å². The van der Waals surface area contributed by atoms with E-state index in [1.807, 2.05) is 18.5 Å². The van der Waals surface area contributed by atoms with Crippen LogP contribution < -0.4 is 4.90 Å². The van der Waals surface area contributed by atoms with Crippen LogP contribution in [0.1, 0.15) is 26.7 Å². The Hall–Kier alpha value is -1.13. The quantitative estimate of drug-likeness (QED) is 0.854. The molecule has 2 aliphatic heterocycles. The minimum absolute atomic E-state index is 0.0699. The van der Waals surface area contributed by atoms with E-state index in [1.165, 1.54) is 25.1 Å². The maximum atomic E-state index is 5.83. The number of hydrogen-bond donors (Lipinski definition) is 0. The summed E-state index contributed by atoms with van der Waals surface area (Å²) < 4.78 is 5.83. The van der Waals surface area contributed by atoms with Crippen molar-refractivity contribution in [2.75, 3.05) is 44.2 Å². The van der Waals surface area contributed by atoms with Crippen LogP contribution in [0.15, 0.2) is 24.5 Å². The maximum absolute atomic E-state index is 5.83. The van der Waals surface area contributed by atoms with E-state index in [0.29, 0.717) is 0 Å². The number of rotatable bonds is 3. The molecule has 4 heteroatoms. The monoisotopic (exact) mass is 289 g/mol. The van der Waals surface area contributed by atoms with Gasteiger partial charge in [0.05, 0.1) is 17.5 Å². The highest BCUT2D eigenvalue weighted by Gasteiger charge is 2.30. The summed E-state index contributed by atoms with van der Waals surface area (Å²) in [6.07, 6.45) is 6.21. The molecule has 0 spiro atoms. The standard InChI is InChI=1S/C17H27N3O/c1-17(2)12-15(5-11-21-17)14-19-7-9-20(10-8-19)16-4-3-6-18-13-16/h3-4,6,13,15H,5,7-12,14H2,1-2H3. The van der Waals surface area contributed by atoms with Crippen molar-refractivity contribution in [3.63, 3.8) is 0 Å². The second-order valence-electron chi connectivity index (χ2n) is 6.97. The fourth-order valence-electron chi connectivity index (χ4n) is 3.61. The molecule has 0 bridgehead atoms. The summed E-state index contributed by atoms with van der Waals surface area (Å²) in [4.78, 5) is 9.29. The van der Waals surface area contributed by atoms with Crippen LogP contribution in [-0.2, 0) is 4.74 Å². The van der Waals surface area contributed by atoms with Crippen LogP contribution in [0.5, 0.6) is 0 Å². The lowest BCUT2D eigenvalue weighted by atomic mass is 9.88. The Morgan fingerprint density at radius 1 is 1.29 bits per heavy atom.